The summed E-state index contributed by atoms with van der Waals surface area (Å²) in [4.78, 5) is 2.34. The molecule has 0 aromatic rings. The molecule has 1 heterocycles. The SMILES string of the molecule is C[C@H](O)CN1CCNCC1(C)C. The van der Waals surface area contributed by atoms with Crippen LogP contribution in [0.3, 0.4) is 0 Å². The van der Waals surface area contributed by atoms with Crippen molar-refractivity contribution in [3.05, 3.63) is 0 Å². The second kappa shape index (κ2) is 3.73. The van der Waals surface area contributed by atoms with Crippen molar-refractivity contribution in [3.63, 3.8) is 0 Å². The molecule has 0 bridgehead atoms. The lowest BCUT2D eigenvalue weighted by molar-refractivity contribution is 0.0413. The molecule has 2 N–H and O–H groups in total. The second-order valence-corrected chi connectivity index (χ2v) is 4.28. The first kappa shape index (κ1) is 9.96. The van der Waals surface area contributed by atoms with Crippen LogP contribution in [0.15, 0.2) is 0 Å². The summed E-state index contributed by atoms with van der Waals surface area (Å²) in [6.07, 6.45) is -0.220. The van der Waals surface area contributed by atoms with Gasteiger partial charge in [0.05, 0.1) is 6.10 Å². The standard InChI is InChI=1S/C9H20N2O/c1-8(12)6-11-5-4-10-7-9(11,2)3/h8,10,12H,4-7H2,1-3H3/t8-/m0/s1. The Kier molecular flexibility index (Phi) is 3.09. The molecule has 0 aliphatic carbocycles. The third-order valence-electron chi connectivity index (χ3n) is 2.46. The fourth-order valence-electron chi connectivity index (χ4n) is 1.68. The van der Waals surface area contributed by atoms with Gasteiger partial charge in [0.1, 0.15) is 0 Å². The number of aliphatic hydroxyl groups is 1. The van der Waals surface area contributed by atoms with Gasteiger partial charge in [-0.05, 0) is 20.8 Å². The summed E-state index contributed by atoms with van der Waals surface area (Å²) in [6, 6.07) is 0. The largest absolute Gasteiger partial charge is 0.392 e. The molecule has 12 heavy (non-hydrogen) atoms. The molecular formula is C9H20N2O. The van der Waals surface area contributed by atoms with Crippen LogP contribution in [0.25, 0.3) is 0 Å². The monoisotopic (exact) mass is 172 g/mol. The Labute approximate surface area is 74.8 Å². The van der Waals surface area contributed by atoms with Gasteiger partial charge in [-0.1, -0.05) is 0 Å². The summed E-state index contributed by atoms with van der Waals surface area (Å²) >= 11 is 0. The van der Waals surface area contributed by atoms with Crippen molar-refractivity contribution in [2.45, 2.75) is 32.4 Å². The van der Waals surface area contributed by atoms with Crippen molar-refractivity contribution in [2.75, 3.05) is 26.2 Å². The zero-order chi connectivity index (χ0) is 9.19. The van der Waals surface area contributed by atoms with Crippen LogP contribution in [-0.2, 0) is 0 Å². The van der Waals surface area contributed by atoms with E-state index >= 15 is 0 Å². The first-order valence-corrected chi connectivity index (χ1v) is 4.66. The zero-order valence-electron chi connectivity index (χ0n) is 8.30. The Bertz CT molecular complexity index is 145. The molecule has 0 spiro atoms. The molecule has 0 radical (unpaired) electrons. The average molecular weight is 172 g/mol. The van der Waals surface area contributed by atoms with Gasteiger partial charge < -0.3 is 10.4 Å². The van der Waals surface area contributed by atoms with Gasteiger partial charge in [-0.25, -0.2) is 0 Å². The molecule has 0 aromatic heterocycles. The van der Waals surface area contributed by atoms with Gasteiger partial charge >= 0.3 is 0 Å². The fraction of sp³-hybridized carbons (Fsp3) is 1.00. The smallest absolute Gasteiger partial charge is 0.0639 e. The molecule has 1 atom stereocenters. The van der Waals surface area contributed by atoms with Gasteiger partial charge in [0.15, 0.2) is 0 Å². The average Bonchev–Trinajstić information content (AvgIpc) is 1.92. The van der Waals surface area contributed by atoms with E-state index in [0.717, 1.165) is 26.2 Å². The minimum atomic E-state index is -0.220. The molecule has 1 aliphatic rings. The summed E-state index contributed by atoms with van der Waals surface area (Å²) in [5.41, 5.74) is 0.190. The Balaban J connectivity index is 2.48. The lowest BCUT2D eigenvalue weighted by Crippen LogP contribution is -2.59. The molecule has 0 unspecified atom stereocenters. The van der Waals surface area contributed by atoms with E-state index in [1.807, 2.05) is 6.92 Å². The van der Waals surface area contributed by atoms with E-state index in [9.17, 15) is 5.11 Å². The van der Waals surface area contributed by atoms with E-state index in [1.54, 1.807) is 0 Å². The number of nitrogens with one attached hydrogen (secondary N) is 1. The molecule has 1 rings (SSSR count). The molecular weight excluding hydrogens is 152 g/mol. The van der Waals surface area contributed by atoms with E-state index in [2.05, 4.69) is 24.1 Å². The highest BCUT2D eigenvalue weighted by Crippen LogP contribution is 2.15. The van der Waals surface area contributed by atoms with Crippen LogP contribution in [0, 0.1) is 0 Å². The quantitative estimate of drug-likeness (QED) is 0.618. The van der Waals surface area contributed by atoms with Gasteiger partial charge in [0, 0.05) is 31.7 Å². The lowest BCUT2D eigenvalue weighted by atomic mass is 10.00. The molecule has 3 nitrogen and oxygen atoms in total. The summed E-state index contributed by atoms with van der Waals surface area (Å²) < 4.78 is 0. The Morgan fingerprint density at radius 2 is 2.25 bits per heavy atom. The Hall–Kier alpha value is -0.120. The van der Waals surface area contributed by atoms with Crippen LogP contribution in [0.5, 0.6) is 0 Å². The van der Waals surface area contributed by atoms with Crippen molar-refractivity contribution in [2.24, 2.45) is 0 Å². The minimum absolute atomic E-state index is 0.190. The summed E-state index contributed by atoms with van der Waals surface area (Å²) in [5, 5.41) is 12.6. The summed E-state index contributed by atoms with van der Waals surface area (Å²) in [5.74, 6) is 0. The highest BCUT2D eigenvalue weighted by molar-refractivity contribution is 4.88. The number of rotatable bonds is 2. The van der Waals surface area contributed by atoms with Gasteiger partial charge in [-0.2, -0.15) is 0 Å². The van der Waals surface area contributed by atoms with Crippen molar-refractivity contribution in [3.8, 4) is 0 Å². The first-order chi connectivity index (χ1) is 5.52. The molecule has 1 saturated heterocycles. The van der Waals surface area contributed by atoms with Crippen LogP contribution in [0.2, 0.25) is 0 Å². The van der Waals surface area contributed by atoms with E-state index in [0.29, 0.717) is 0 Å². The number of hydrogen-bond donors (Lipinski definition) is 2. The number of hydrogen-bond acceptors (Lipinski definition) is 3. The second-order valence-electron chi connectivity index (χ2n) is 4.28. The maximum absolute atomic E-state index is 9.27. The maximum atomic E-state index is 9.27. The normalized spacial score (nSPS) is 27.0. The third-order valence-corrected chi connectivity index (χ3v) is 2.46. The van der Waals surface area contributed by atoms with Gasteiger partial charge in [0.2, 0.25) is 0 Å². The number of nitrogens with zero attached hydrogens (tertiary/aromatic N) is 1. The third kappa shape index (κ3) is 2.44. The van der Waals surface area contributed by atoms with E-state index < -0.39 is 0 Å². The predicted molar refractivity (Wildman–Crippen MR) is 50.2 cm³/mol. The van der Waals surface area contributed by atoms with Crippen LogP contribution >= 0.6 is 0 Å². The minimum Gasteiger partial charge on any atom is -0.392 e. The van der Waals surface area contributed by atoms with Crippen LogP contribution in [0.4, 0.5) is 0 Å². The van der Waals surface area contributed by atoms with E-state index in [-0.39, 0.29) is 11.6 Å². The molecule has 1 aliphatic heterocycles. The topological polar surface area (TPSA) is 35.5 Å². The fourth-order valence-corrected chi connectivity index (χ4v) is 1.68. The first-order valence-electron chi connectivity index (χ1n) is 4.66. The van der Waals surface area contributed by atoms with Gasteiger partial charge in [0.25, 0.3) is 0 Å². The van der Waals surface area contributed by atoms with Crippen LogP contribution in [0.1, 0.15) is 20.8 Å². The highest BCUT2D eigenvalue weighted by Gasteiger charge is 2.29. The van der Waals surface area contributed by atoms with Crippen molar-refractivity contribution >= 4 is 0 Å². The number of aliphatic hydroxyl groups excluding tert-OH is 1. The molecule has 0 amide bonds. The Morgan fingerprint density at radius 1 is 1.58 bits per heavy atom. The summed E-state index contributed by atoms with van der Waals surface area (Å²) in [7, 11) is 0. The van der Waals surface area contributed by atoms with E-state index in [4.69, 9.17) is 0 Å². The Morgan fingerprint density at radius 3 is 2.75 bits per heavy atom. The number of piperazine rings is 1. The zero-order valence-corrected chi connectivity index (χ0v) is 8.30. The predicted octanol–water partition coefficient (Wildman–Crippen LogP) is 0.0510. The molecule has 3 heteroatoms. The highest BCUT2D eigenvalue weighted by atomic mass is 16.3. The van der Waals surface area contributed by atoms with Crippen LogP contribution < -0.4 is 5.32 Å². The molecule has 1 fully saturated rings. The molecule has 0 saturated carbocycles. The van der Waals surface area contributed by atoms with Gasteiger partial charge in [-0.3, -0.25) is 4.90 Å². The molecule has 72 valence electrons. The maximum Gasteiger partial charge on any atom is 0.0639 e. The molecule has 0 aromatic carbocycles. The van der Waals surface area contributed by atoms with Gasteiger partial charge in [-0.15, -0.1) is 0 Å². The van der Waals surface area contributed by atoms with E-state index in [1.165, 1.54) is 0 Å². The lowest BCUT2D eigenvalue weighted by Gasteiger charge is -2.43. The number of β-amino-alcohol motifs (C(OH)–C–C–N with tert-alkyl or cyclic N) is 1. The van der Waals surface area contributed by atoms with Crippen molar-refractivity contribution in [1.29, 1.82) is 0 Å². The van der Waals surface area contributed by atoms with Crippen molar-refractivity contribution < 1.29 is 5.11 Å². The van der Waals surface area contributed by atoms with Crippen LogP contribution in [-0.4, -0.2) is 47.8 Å². The van der Waals surface area contributed by atoms with Crippen molar-refractivity contribution in [1.82, 2.24) is 10.2 Å². The summed E-state index contributed by atoms with van der Waals surface area (Å²) in [6.45, 7) is 10.1.